The first-order valence-corrected chi connectivity index (χ1v) is 14.1. The summed E-state index contributed by atoms with van der Waals surface area (Å²) in [5, 5.41) is 6.97. The van der Waals surface area contributed by atoms with E-state index in [-0.39, 0.29) is 17.7 Å². The van der Waals surface area contributed by atoms with E-state index in [2.05, 4.69) is 41.6 Å². The Hall–Kier alpha value is -3.25. The number of hydrogen-bond donors (Lipinski definition) is 2. The van der Waals surface area contributed by atoms with E-state index in [1.165, 1.54) is 18.4 Å². The summed E-state index contributed by atoms with van der Waals surface area (Å²) in [7, 11) is 2.15. The molecule has 2 N–H and O–H groups in total. The van der Waals surface area contributed by atoms with Crippen molar-refractivity contribution in [2.24, 2.45) is 5.92 Å². The first kappa shape index (κ1) is 27.8. The molecule has 1 aromatic heterocycles. The Bertz CT molecular complexity index is 1240. The molecule has 6 heteroatoms. The molecule has 2 unspecified atom stereocenters. The SMILES string of the molecule is CCCCc1ccc2nc(-c3ccccc3)cc(C(=O)NC(C(=O)NCCC3CCCN3C)C(C)C)c2c1. The molecule has 4 rings (SSSR count). The van der Waals surface area contributed by atoms with E-state index in [0.29, 0.717) is 18.2 Å². The average molecular weight is 515 g/mol. The number of pyridine rings is 1. The lowest BCUT2D eigenvalue weighted by atomic mass is 9.98. The quantitative estimate of drug-likeness (QED) is 0.349. The molecule has 1 aliphatic heterocycles. The molecule has 1 aliphatic rings. The predicted molar refractivity (Wildman–Crippen MR) is 155 cm³/mol. The number of carbonyl (C=O) groups excluding carboxylic acids is 2. The second kappa shape index (κ2) is 13.0. The number of likely N-dealkylation sites (tertiary alicyclic amines) is 1. The highest BCUT2D eigenvalue weighted by Crippen LogP contribution is 2.27. The van der Waals surface area contributed by atoms with Crippen LogP contribution in [0.3, 0.4) is 0 Å². The summed E-state index contributed by atoms with van der Waals surface area (Å²) in [4.78, 5) is 34.2. The Kier molecular flexibility index (Phi) is 9.51. The van der Waals surface area contributed by atoms with Crippen molar-refractivity contribution in [2.75, 3.05) is 20.1 Å². The van der Waals surface area contributed by atoms with Crippen molar-refractivity contribution in [1.29, 1.82) is 0 Å². The van der Waals surface area contributed by atoms with E-state index in [1.54, 1.807) is 0 Å². The van der Waals surface area contributed by atoms with Gasteiger partial charge in [0, 0.05) is 23.5 Å². The van der Waals surface area contributed by atoms with Crippen molar-refractivity contribution >= 4 is 22.7 Å². The molecule has 6 nitrogen and oxygen atoms in total. The zero-order valence-electron chi connectivity index (χ0n) is 23.3. The van der Waals surface area contributed by atoms with Gasteiger partial charge in [0.05, 0.1) is 16.8 Å². The van der Waals surface area contributed by atoms with Gasteiger partial charge in [0.25, 0.3) is 5.91 Å². The van der Waals surface area contributed by atoms with Crippen molar-refractivity contribution in [2.45, 2.75) is 71.4 Å². The van der Waals surface area contributed by atoms with Gasteiger partial charge in [-0.3, -0.25) is 9.59 Å². The zero-order valence-corrected chi connectivity index (χ0v) is 23.3. The Morgan fingerprint density at radius 2 is 1.89 bits per heavy atom. The van der Waals surface area contributed by atoms with Crippen molar-refractivity contribution in [1.82, 2.24) is 20.5 Å². The summed E-state index contributed by atoms with van der Waals surface area (Å²) in [6.07, 6.45) is 6.48. The van der Waals surface area contributed by atoms with Gasteiger partial charge in [0.2, 0.25) is 5.91 Å². The maximum absolute atomic E-state index is 13.8. The Balaban J connectivity index is 1.58. The highest BCUT2D eigenvalue weighted by atomic mass is 16.2. The third-order valence-corrected chi connectivity index (χ3v) is 7.69. The van der Waals surface area contributed by atoms with Crippen LogP contribution in [0.1, 0.15) is 68.8 Å². The van der Waals surface area contributed by atoms with Crippen LogP contribution < -0.4 is 10.6 Å². The van der Waals surface area contributed by atoms with Crippen LogP contribution in [0.5, 0.6) is 0 Å². The summed E-state index contributed by atoms with van der Waals surface area (Å²) in [5.41, 5.74) is 4.23. The first-order valence-electron chi connectivity index (χ1n) is 14.1. The number of unbranched alkanes of at least 4 members (excludes halogenated alkanes) is 1. The largest absolute Gasteiger partial charge is 0.354 e. The molecule has 0 bridgehead atoms. The minimum Gasteiger partial charge on any atom is -0.354 e. The number of carbonyl (C=O) groups is 2. The number of rotatable bonds is 11. The standard InChI is InChI=1S/C32H42N4O2/c1-5-6-11-23-15-16-28-26(20-23)27(21-29(34-28)24-12-8-7-9-13-24)31(37)35-30(22(2)3)32(38)33-18-17-25-14-10-19-36(25)4/h7-9,12-13,15-16,20-22,25,30H,5-6,10-11,14,17-19H2,1-4H3,(H,33,38)(H,35,37). The molecule has 1 fully saturated rings. The molecular weight excluding hydrogens is 472 g/mol. The fourth-order valence-corrected chi connectivity index (χ4v) is 5.32. The lowest BCUT2D eigenvalue weighted by Gasteiger charge is -2.24. The van der Waals surface area contributed by atoms with E-state index in [0.717, 1.165) is 54.4 Å². The molecule has 1 saturated heterocycles. The molecule has 2 amide bonds. The lowest BCUT2D eigenvalue weighted by molar-refractivity contribution is -0.124. The molecular formula is C32H42N4O2. The van der Waals surface area contributed by atoms with Gasteiger partial charge in [0.1, 0.15) is 6.04 Å². The minimum atomic E-state index is -0.615. The summed E-state index contributed by atoms with van der Waals surface area (Å²) >= 11 is 0. The fraction of sp³-hybridized carbons (Fsp3) is 0.469. The Labute approximate surface area is 227 Å². The van der Waals surface area contributed by atoms with Gasteiger partial charge in [-0.15, -0.1) is 0 Å². The Morgan fingerprint density at radius 1 is 1.11 bits per heavy atom. The summed E-state index contributed by atoms with van der Waals surface area (Å²) in [5.74, 6) is -0.416. The van der Waals surface area contributed by atoms with Gasteiger partial charge in [-0.05, 0) is 75.4 Å². The molecule has 3 aromatic rings. The van der Waals surface area contributed by atoms with Crippen molar-refractivity contribution in [3.8, 4) is 11.3 Å². The van der Waals surface area contributed by atoms with E-state index in [9.17, 15) is 9.59 Å². The number of nitrogens with one attached hydrogen (secondary N) is 2. The monoisotopic (exact) mass is 514 g/mol. The second-order valence-electron chi connectivity index (χ2n) is 10.9. The van der Waals surface area contributed by atoms with Crippen LogP contribution in [0, 0.1) is 5.92 Å². The van der Waals surface area contributed by atoms with E-state index >= 15 is 0 Å². The van der Waals surface area contributed by atoms with Crippen LogP contribution in [-0.2, 0) is 11.2 Å². The van der Waals surface area contributed by atoms with Crippen molar-refractivity contribution in [3.63, 3.8) is 0 Å². The van der Waals surface area contributed by atoms with Crippen LogP contribution >= 0.6 is 0 Å². The third-order valence-electron chi connectivity index (χ3n) is 7.69. The predicted octanol–water partition coefficient (Wildman–Crippen LogP) is 5.60. The number of nitrogens with zero attached hydrogens (tertiary/aromatic N) is 2. The highest BCUT2D eigenvalue weighted by molar-refractivity contribution is 6.08. The molecule has 0 aliphatic carbocycles. The normalized spacial score (nSPS) is 16.6. The second-order valence-corrected chi connectivity index (χ2v) is 10.9. The molecule has 2 atom stereocenters. The van der Waals surface area contributed by atoms with Crippen LogP contribution in [-0.4, -0.2) is 53.9 Å². The van der Waals surface area contributed by atoms with E-state index in [1.807, 2.05) is 56.3 Å². The Morgan fingerprint density at radius 3 is 2.58 bits per heavy atom. The zero-order chi connectivity index (χ0) is 27.1. The van der Waals surface area contributed by atoms with E-state index < -0.39 is 6.04 Å². The summed E-state index contributed by atoms with van der Waals surface area (Å²) < 4.78 is 0. The molecule has 2 heterocycles. The van der Waals surface area contributed by atoms with Crippen molar-refractivity contribution < 1.29 is 9.59 Å². The average Bonchev–Trinajstić information content (AvgIpc) is 3.34. The minimum absolute atomic E-state index is 0.0464. The molecule has 0 saturated carbocycles. The highest BCUT2D eigenvalue weighted by Gasteiger charge is 2.27. The lowest BCUT2D eigenvalue weighted by Crippen LogP contribution is -2.50. The van der Waals surface area contributed by atoms with Gasteiger partial charge >= 0.3 is 0 Å². The summed E-state index contributed by atoms with van der Waals surface area (Å²) in [6, 6.07) is 17.9. The van der Waals surface area contributed by atoms with E-state index in [4.69, 9.17) is 4.98 Å². The molecule has 38 heavy (non-hydrogen) atoms. The molecule has 2 aromatic carbocycles. The fourth-order valence-electron chi connectivity index (χ4n) is 5.32. The maximum atomic E-state index is 13.8. The van der Waals surface area contributed by atoms with Gasteiger partial charge < -0.3 is 15.5 Å². The first-order chi connectivity index (χ1) is 18.4. The molecule has 202 valence electrons. The molecule has 0 spiro atoms. The smallest absolute Gasteiger partial charge is 0.252 e. The number of hydrogen-bond acceptors (Lipinski definition) is 4. The molecule has 0 radical (unpaired) electrons. The number of aryl methyl sites for hydroxylation is 1. The van der Waals surface area contributed by atoms with Gasteiger partial charge in [0.15, 0.2) is 0 Å². The maximum Gasteiger partial charge on any atom is 0.252 e. The topological polar surface area (TPSA) is 74.3 Å². The number of amides is 2. The summed E-state index contributed by atoms with van der Waals surface area (Å²) in [6.45, 7) is 7.85. The van der Waals surface area contributed by atoms with Gasteiger partial charge in [-0.1, -0.05) is 63.6 Å². The van der Waals surface area contributed by atoms with Crippen LogP contribution in [0.4, 0.5) is 0 Å². The third kappa shape index (κ3) is 6.79. The van der Waals surface area contributed by atoms with Crippen LogP contribution in [0.2, 0.25) is 0 Å². The van der Waals surface area contributed by atoms with Crippen LogP contribution in [0.15, 0.2) is 54.6 Å². The van der Waals surface area contributed by atoms with Gasteiger partial charge in [-0.25, -0.2) is 4.98 Å². The number of aromatic nitrogens is 1. The van der Waals surface area contributed by atoms with Gasteiger partial charge in [-0.2, -0.15) is 0 Å². The van der Waals surface area contributed by atoms with Crippen LogP contribution in [0.25, 0.3) is 22.2 Å². The number of benzene rings is 2. The number of fused-ring (bicyclic) bond motifs is 1. The van der Waals surface area contributed by atoms with Crippen molar-refractivity contribution in [3.05, 3.63) is 65.7 Å².